The maximum atomic E-state index is 14.1. The molecule has 1 fully saturated rings. The summed E-state index contributed by atoms with van der Waals surface area (Å²) in [5.74, 6) is -2.09. The zero-order chi connectivity index (χ0) is 36.0. The summed E-state index contributed by atoms with van der Waals surface area (Å²) in [6, 6.07) is 17.6. The fraction of sp³-hybridized carbons (Fsp3) is 0.297. The molecule has 2 N–H and O–H groups in total. The molecule has 1 aromatic heterocycles. The SMILES string of the molecule is C=C(C=O)CN1CCC1.CCN1C(=O)C(NC(=O)c2cccc(C(F)(F)F)c2)C(c2ccc(F)cc2)c2c(CNC)nn(-c3ccccc3)c21. The van der Waals surface area contributed by atoms with E-state index in [4.69, 9.17) is 5.10 Å². The lowest BCUT2D eigenvalue weighted by atomic mass is 9.80. The van der Waals surface area contributed by atoms with Crippen LogP contribution in [0.15, 0.2) is 91.0 Å². The van der Waals surface area contributed by atoms with Crippen LogP contribution in [0, 0.1) is 5.82 Å². The molecular formula is C37H38F4N6O3. The lowest BCUT2D eigenvalue weighted by Crippen LogP contribution is -2.55. The third-order valence-electron chi connectivity index (χ3n) is 8.58. The zero-order valence-electron chi connectivity index (χ0n) is 27.7. The fourth-order valence-corrected chi connectivity index (χ4v) is 6.08. The van der Waals surface area contributed by atoms with E-state index in [9.17, 15) is 31.9 Å². The third kappa shape index (κ3) is 7.84. The third-order valence-corrected chi connectivity index (χ3v) is 8.58. The van der Waals surface area contributed by atoms with Crippen LogP contribution >= 0.6 is 0 Å². The number of aromatic nitrogens is 2. The van der Waals surface area contributed by atoms with E-state index in [-0.39, 0.29) is 12.1 Å². The summed E-state index contributed by atoms with van der Waals surface area (Å²) >= 11 is 0. The van der Waals surface area contributed by atoms with Gasteiger partial charge in [-0.1, -0.05) is 43.0 Å². The van der Waals surface area contributed by atoms with E-state index in [0.29, 0.717) is 40.4 Å². The molecule has 0 spiro atoms. The maximum absolute atomic E-state index is 14.1. The lowest BCUT2D eigenvalue weighted by Gasteiger charge is -2.38. The molecule has 2 unspecified atom stereocenters. The van der Waals surface area contributed by atoms with Crippen LogP contribution in [0.2, 0.25) is 0 Å². The minimum Gasteiger partial charge on any atom is -0.339 e. The number of fused-ring (bicyclic) bond motifs is 1. The Hall–Kier alpha value is -5.14. The van der Waals surface area contributed by atoms with Crippen molar-refractivity contribution in [3.63, 3.8) is 0 Å². The number of aldehydes is 1. The topological polar surface area (TPSA) is 99.6 Å². The number of nitrogens with one attached hydrogen (secondary N) is 2. The molecule has 262 valence electrons. The van der Waals surface area contributed by atoms with Crippen molar-refractivity contribution in [3.05, 3.63) is 125 Å². The summed E-state index contributed by atoms with van der Waals surface area (Å²) in [4.78, 5) is 41.2. The van der Waals surface area contributed by atoms with Crippen LogP contribution in [-0.2, 0) is 22.3 Å². The van der Waals surface area contributed by atoms with Crippen molar-refractivity contribution in [1.82, 2.24) is 25.3 Å². The summed E-state index contributed by atoms with van der Waals surface area (Å²) in [5.41, 5.74) is 1.96. The smallest absolute Gasteiger partial charge is 0.339 e. The summed E-state index contributed by atoms with van der Waals surface area (Å²) < 4.78 is 55.7. The first kappa shape index (κ1) is 36.1. The molecule has 0 bridgehead atoms. The predicted octanol–water partition coefficient (Wildman–Crippen LogP) is 5.49. The molecule has 2 aliphatic heterocycles. The molecule has 4 aromatic rings. The molecule has 2 amide bonds. The number of alkyl halides is 3. The highest BCUT2D eigenvalue weighted by atomic mass is 19.4. The quantitative estimate of drug-likeness (QED) is 0.130. The monoisotopic (exact) mass is 690 g/mol. The van der Waals surface area contributed by atoms with Gasteiger partial charge in [-0.2, -0.15) is 18.3 Å². The van der Waals surface area contributed by atoms with Crippen molar-refractivity contribution in [1.29, 1.82) is 0 Å². The number of amides is 2. The van der Waals surface area contributed by atoms with E-state index in [0.717, 1.165) is 44.1 Å². The first-order valence-corrected chi connectivity index (χ1v) is 16.2. The Labute approximate surface area is 287 Å². The molecule has 0 saturated carbocycles. The highest BCUT2D eigenvalue weighted by molar-refractivity contribution is 6.05. The molecule has 50 heavy (non-hydrogen) atoms. The molecule has 1 saturated heterocycles. The van der Waals surface area contributed by atoms with E-state index >= 15 is 0 Å². The molecule has 9 nitrogen and oxygen atoms in total. The van der Waals surface area contributed by atoms with Gasteiger partial charge in [0.2, 0.25) is 0 Å². The second-order valence-corrected chi connectivity index (χ2v) is 12.0. The molecule has 0 aliphatic carbocycles. The Morgan fingerprint density at radius 2 is 1.74 bits per heavy atom. The lowest BCUT2D eigenvalue weighted by molar-refractivity contribution is -0.137. The number of benzene rings is 3. The zero-order valence-corrected chi connectivity index (χ0v) is 27.7. The number of nitrogens with zero attached hydrogens (tertiary/aromatic N) is 4. The number of anilines is 1. The van der Waals surface area contributed by atoms with Crippen LogP contribution in [0.4, 0.5) is 23.4 Å². The average molecular weight is 691 g/mol. The fourth-order valence-electron chi connectivity index (χ4n) is 6.08. The standard InChI is InChI=1S/C30H27F4N5O2.C7H11NO/c1-3-38-28-25(23(17-35-2)37-39(28)22-10-5-4-6-11-22)24(18-12-14-21(31)15-13-18)26(29(38)41)36-27(40)19-8-7-9-20(16-19)30(32,33)34;1-7(6-9)5-8-3-2-4-8/h4-16,24,26,35H,3,17H2,1-2H3,(H,36,40);6H,1-5H2. The van der Waals surface area contributed by atoms with Crippen LogP contribution in [0.5, 0.6) is 0 Å². The number of hydrogen-bond acceptors (Lipinski definition) is 6. The van der Waals surface area contributed by atoms with Gasteiger partial charge >= 0.3 is 6.18 Å². The van der Waals surface area contributed by atoms with Gasteiger partial charge in [0, 0.05) is 36.7 Å². The Balaban J connectivity index is 0.000000470. The number of carbonyl (C=O) groups excluding carboxylic acids is 3. The Kier molecular flexibility index (Phi) is 11.3. The summed E-state index contributed by atoms with van der Waals surface area (Å²) in [7, 11) is 1.75. The van der Waals surface area contributed by atoms with Crippen LogP contribution in [0.3, 0.4) is 0 Å². The summed E-state index contributed by atoms with van der Waals surface area (Å²) in [6.45, 7) is 8.95. The minimum atomic E-state index is -4.64. The van der Waals surface area contributed by atoms with Gasteiger partial charge in [0.1, 0.15) is 24.0 Å². The van der Waals surface area contributed by atoms with Gasteiger partial charge in [0.25, 0.3) is 11.8 Å². The van der Waals surface area contributed by atoms with E-state index in [1.54, 1.807) is 18.7 Å². The summed E-state index contributed by atoms with van der Waals surface area (Å²) in [6.07, 6.45) is -2.54. The van der Waals surface area contributed by atoms with E-state index in [1.165, 1.54) is 41.7 Å². The highest BCUT2D eigenvalue weighted by Gasteiger charge is 2.46. The molecule has 3 aromatic carbocycles. The predicted molar refractivity (Wildman–Crippen MR) is 182 cm³/mol. The van der Waals surface area contributed by atoms with Crippen LogP contribution < -0.4 is 15.5 Å². The second kappa shape index (κ2) is 15.6. The molecule has 0 radical (unpaired) electrons. The molecule has 13 heteroatoms. The summed E-state index contributed by atoms with van der Waals surface area (Å²) in [5, 5.41) is 10.6. The van der Waals surface area contributed by atoms with Gasteiger partial charge in [-0.15, -0.1) is 0 Å². The first-order chi connectivity index (χ1) is 24.0. The first-order valence-electron chi connectivity index (χ1n) is 16.2. The second-order valence-electron chi connectivity index (χ2n) is 12.0. The van der Waals surface area contributed by atoms with Crippen LogP contribution in [0.1, 0.15) is 52.0 Å². The Morgan fingerprint density at radius 1 is 1.04 bits per heavy atom. The van der Waals surface area contributed by atoms with Crippen molar-refractivity contribution in [2.24, 2.45) is 0 Å². The normalized spacial score (nSPS) is 17.2. The van der Waals surface area contributed by atoms with Gasteiger partial charge in [-0.25, -0.2) is 9.07 Å². The number of likely N-dealkylation sites (tertiary alicyclic amines) is 1. The maximum Gasteiger partial charge on any atom is 0.416 e. The van der Waals surface area contributed by atoms with Crippen molar-refractivity contribution < 1.29 is 31.9 Å². The van der Waals surface area contributed by atoms with Crippen LogP contribution in [-0.4, -0.2) is 72.0 Å². The number of halogens is 4. The van der Waals surface area contributed by atoms with Gasteiger partial charge < -0.3 is 10.6 Å². The van der Waals surface area contributed by atoms with Crippen molar-refractivity contribution in [2.45, 2.75) is 38.0 Å². The van der Waals surface area contributed by atoms with Gasteiger partial charge in [-0.3, -0.25) is 24.2 Å². The average Bonchev–Trinajstić information content (AvgIpc) is 3.46. The van der Waals surface area contributed by atoms with E-state index < -0.39 is 41.3 Å². The van der Waals surface area contributed by atoms with Gasteiger partial charge in [-0.05, 0) is 87.1 Å². The number of rotatable bonds is 10. The minimum absolute atomic E-state index is 0.232. The Bertz CT molecular complexity index is 1840. The van der Waals surface area contributed by atoms with E-state index in [1.807, 2.05) is 30.3 Å². The number of likely N-dealkylation sites (N-methyl/N-ethyl adjacent to an activating group) is 1. The number of para-hydroxylation sites is 1. The number of carbonyl (C=O) groups is 3. The van der Waals surface area contributed by atoms with E-state index in [2.05, 4.69) is 22.1 Å². The molecule has 3 heterocycles. The van der Waals surface area contributed by atoms with Gasteiger partial charge in [0.05, 0.1) is 16.9 Å². The van der Waals surface area contributed by atoms with Crippen molar-refractivity contribution >= 4 is 23.9 Å². The van der Waals surface area contributed by atoms with Crippen molar-refractivity contribution in [2.75, 3.05) is 38.1 Å². The molecule has 2 aliphatic rings. The molecule has 2 atom stereocenters. The van der Waals surface area contributed by atoms with Crippen LogP contribution in [0.25, 0.3) is 5.69 Å². The van der Waals surface area contributed by atoms with Gasteiger partial charge in [0.15, 0.2) is 0 Å². The highest BCUT2D eigenvalue weighted by Crippen LogP contribution is 2.43. The largest absolute Gasteiger partial charge is 0.416 e. The molecular weight excluding hydrogens is 652 g/mol. The Morgan fingerprint density at radius 3 is 2.32 bits per heavy atom. The van der Waals surface area contributed by atoms with Crippen molar-refractivity contribution in [3.8, 4) is 5.69 Å². The number of hydrogen-bond donors (Lipinski definition) is 2. The molecule has 6 rings (SSSR count).